The molecule has 0 amide bonds. The van der Waals surface area contributed by atoms with Crippen LogP contribution in [-0.4, -0.2) is 52.6 Å². The minimum atomic E-state index is 0.391. The third-order valence-corrected chi connectivity index (χ3v) is 7.55. The summed E-state index contributed by atoms with van der Waals surface area (Å²) in [5.74, 6) is 0.989. The summed E-state index contributed by atoms with van der Waals surface area (Å²) in [6, 6.07) is 16.4. The lowest BCUT2D eigenvalue weighted by molar-refractivity contribution is 0.166. The fraction of sp³-hybridized carbons (Fsp3) is 0.423. The Bertz CT molecular complexity index is 1250. The SMILES string of the molecule is CC1NCc2nc(N[C@@H]3C[C@H]4CN(c5ccc(C#N)c6ncccc56)C[C@@H](C)N4C3)ccc21. The predicted octanol–water partition coefficient (Wildman–Crippen LogP) is 3.43. The van der Waals surface area contributed by atoms with Crippen LogP contribution in [-0.2, 0) is 6.54 Å². The quantitative estimate of drug-likeness (QED) is 0.647. The van der Waals surface area contributed by atoms with Crippen molar-refractivity contribution in [2.45, 2.75) is 51.0 Å². The average Bonchev–Trinajstić information content (AvgIpc) is 3.41. The molecule has 2 N–H and O–H groups in total. The molecule has 7 heteroatoms. The second-order valence-corrected chi connectivity index (χ2v) is 9.66. The van der Waals surface area contributed by atoms with E-state index in [9.17, 15) is 5.26 Å². The van der Waals surface area contributed by atoms with E-state index in [-0.39, 0.29) is 0 Å². The Balaban J connectivity index is 1.21. The van der Waals surface area contributed by atoms with Gasteiger partial charge >= 0.3 is 0 Å². The molecule has 168 valence electrons. The standard InChI is InChI=1S/C26H29N7/c1-16-13-32(24-7-5-18(11-27)26-22(24)4-3-9-28-26)15-20-10-19(14-33(16)20)30-25-8-6-21-17(2)29-12-23(21)31-25/h3-9,16-17,19-20,29H,10,12-15H2,1-2H3,(H,30,31)/t16-,17?,19-,20+/m1/s1. The van der Waals surface area contributed by atoms with Crippen LogP contribution in [0.1, 0.15) is 43.1 Å². The fourth-order valence-electron chi connectivity index (χ4n) is 5.94. The van der Waals surface area contributed by atoms with E-state index in [1.165, 1.54) is 16.9 Å². The number of piperazine rings is 1. The van der Waals surface area contributed by atoms with Crippen LogP contribution in [0.4, 0.5) is 11.5 Å². The lowest BCUT2D eigenvalue weighted by Crippen LogP contribution is -2.55. The molecule has 1 aromatic carbocycles. The second kappa shape index (κ2) is 7.98. The van der Waals surface area contributed by atoms with Crippen molar-refractivity contribution in [1.29, 1.82) is 5.26 Å². The van der Waals surface area contributed by atoms with Crippen LogP contribution in [0.5, 0.6) is 0 Å². The number of nitrogens with one attached hydrogen (secondary N) is 2. The Morgan fingerprint density at radius 1 is 1.12 bits per heavy atom. The van der Waals surface area contributed by atoms with E-state index in [1.54, 1.807) is 6.20 Å². The number of benzene rings is 1. The van der Waals surface area contributed by atoms with Gasteiger partial charge in [0.25, 0.3) is 0 Å². The number of fused-ring (bicyclic) bond motifs is 3. The van der Waals surface area contributed by atoms with Gasteiger partial charge < -0.3 is 15.5 Å². The summed E-state index contributed by atoms with van der Waals surface area (Å²) in [4.78, 5) is 14.5. The van der Waals surface area contributed by atoms with Crippen LogP contribution in [0.2, 0.25) is 0 Å². The summed E-state index contributed by atoms with van der Waals surface area (Å²) in [6.07, 6.45) is 2.87. The number of anilines is 2. The summed E-state index contributed by atoms with van der Waals surface area (Å²) in [5, 5.41) is 17.7. The first-order valence-electron chi connectivity index (χ1n) is 11.9. The molecule has 0 radical (unpaired) electrons. The first-order chi connectivity index (χ1) is 16.1. The number of nitriles is 1. The molecule has 2 aromatic heterocycles. The van der Waals surface area contributed by atoms with Gasteiger partial charge in [-0.3, -0.25) is 9.88 Å². The van der Waals surface area contributed by atoms with Crippen molar-refractivity contribution in [2.24, 2.45) is 0 Å². The molecule has 0 aliphatic carbocycles. The number of rotatable bonds is 3. The Kier molecular flexibility index (Phi) is 4.93. The summed E-state index contributed by atoms with van der Waals surface area (Å²) < 4.78 is 0. The molecule has 3 aliphatic rings. The number of nitrogens with zero attached hydrogens (tertiary/aromatic N) is 5. The van der Waals surface area contributed by atoms with Crippen LogP contribution >= 0.6 is 0 Å². The zero-order chi connectivity index (χ0) is 22.5. The average molecular weight is 440 g/mol. The highest BCUT2D eigenvalue weighted by Crippen LogP contribution is 2.34. The maximum atomic E-state index is 9.49. The first-order valence-corrected chi connectivity index (χ1v) is 11.9. The van der Waals surface area contributed by atoms with Gasteiger partial charge in [-0.1, -0.05) is 6.07 Å². The highest BCUT2D eigenvalue weighted by molar-refractivity contribution is 5.95. The van der Waals surface area contributed by atoms with Gasteiger partial charge in [0, 0.05) is 67.6 Å². The van der Waals surface area contributed by atoms with Crippen LogP contribution in [0.15, 0.2) is 42.6 Å². The summed E-state index contributed by atoms with van der Waals surface area (Å²) in [5.41, 5.74) is 5.10. The Labute approximate surface area is 194 Å². The predicted molar refractivity (Wildman–Crippen MR) is 130 cm³/mol. The molecule has 33 heavy (non-hydrogen) atoms. The molecule has 0 spiro atoms. The van der Waals surface area contributed by atoms with Gasteiger partial charge in [0.05, 0.1) is 16.8 Å². The van der Waals surface area contributed by atoms with Crippen molar-refractivity contribution in [1.82, 2.24) is 20.2 Å². The van der Waals surface area contributed by atoms with Crippen molar-refractivity contribution < 1.29 is 0 Å². The third kappa shape index (κ3) is 3.50. The van der Waals surface area contributed by atoms with E-state index in [0.717, 1.165) is 49.3 Å². The molecule has 5 heterocycles. The largest absolute Gasteiger partial charge is 0.368 e. The Hall–Kier alpha value is -3.21. The zero-order valence-corrected chi connectivity index (χ0v) is 19.1. The van der Waals surface area contributed by atoms with Gasteiger partial charge in [-0.05, 0) is 56.2 Å². The molecule has 4 atom stereocenters. The molecule has 2 fully saturated rings. The third-order valence-electron chi connectivity index (χ3n) is 7.55. The highest BCUT2D eigenvalue weighted by Gasteiger charge is 2.40. The minimum absolute atomic E-state index is 0.391. The van der Waals surface area contributed by atoms with Gasteiger partial charge in [-0.15, -0.1) is 0 Å². The summed E-state index contributed by atoms with van der Waals surface area (Å²) >= 11 is 0. The highest BCUT2D eigenvalue weighted by atomic mass is 15.3. The number of hydrogen-bond donors (Lipinski definition) is 2. The fourth-order valence-corrected chi connectivity index (χ4v) is 5.94. The van der Waals surface area contributed by atoms with Crippen LogP contribution in [0.3, 0.4) is 0 Å². The van der Waals surface area contributed by atoms with Gasteiger partial charge in [0.15, 0.2) is 0 Å². The Morgan fingerprint density at radius 2 is 2.03 bits per heavy atom. The van der Waals surface area contributed by atoms with Crippen molar-refractivity contribution in [2.75, 3.05) is 29.9 Å². The molecular formula is C26H29N7. The molecule has 6 rings (SSSR count). The molecule has 7 nitrogen and oxygen atoms in total. The van der Waals surface area contributed by atoms with Gasteiger partial charge in [-0.25, -0.2) is 4.98 Å². The number of aromatic nitrogens is 2. The molecule has 0 saturated carbocycles. The minimum Gasteiger partial charge on any atom is -0.368 e. The van der Waals surface area contributed by atoms with E-state index in [0.29, 0.717) is 29.7 Å². The number of hydrogen-bond acceptors (Lipinski definition) is 7. The van der Waals surface area contributed by atoms with Gasteiger partial charge in [0.2, 0.25) is 0 Å². The molecular weight excluding hydrogens is 410 g/mol. The van der Waals surface area contributed by atoms with E-state index in [1.807, 2.05) is 12.1 Å². The van der Waals surface area contributed by atoms with Crippen molar-refractivity contribution in [3.8, 4) is 6.07 Å². The Morgan fingerprint density at radius 3 is 2.91 bits per heavy atom. The zero-order valence-electron chi connectivity index (χ0n) is 19.1. The van der Waals surface area contributed by atoms with E-state index >= 15 is 0 Å². The van der Waals surface area contributed by atoms with Crippen LogP contribution in [0.25, 0.3) is 10.9 Å². The smallest absolute Gasteiger partial charge is 0.126 e. The van der Waals surface area contributed by atoms with E-state index < -0.39 is 0 Å². The second-order valence-electron chi connectivity index (χ2n) is 9.66. The molecule has 3 aliphatic heterocycles. The van der Waals surface area contributed by atoms with E-state index in [4.69, 9.17) is 4.98 Å². The number of pyridine rings is 2. The van der Waals surface area contributed by atoms with Crippen molar-refractivity contribution in [3.63, 3.8) is 0 Å². The lowest BCUT2D eigenvalue weighted by atomic mass is 10.0. The molecule has 0 bridgehead atoms. The van der Waals surface area contributed by atoms with Gasteiger partial charge in [0.1, 0.15) is 11.9 Å². The first kappa shape index (κ1) is 20.4. The maximum Gasteiger partial charge on any atom is 0.126 e. The van der Waals surface area contributed by atoms with Crippen LogP contribution < -0.4 is 15.5 Å². The van der Waals surface area contributed by atoms with Crippen molar-refractivity contribution in [3.05, 3.63) is 59.4 Å². The maximum absolute atomic E-state index is 9.49. The summed E-state index contributed by atoms with van der Waals surface area (Å²) in [6.45, 7) is 8.37. The van der Waals surface area contributed by atoms with Gasteiger partial charge in [-0.2, -0.15) is 5.26 Å². The topological polar surface area (TPSA) is 80.1 Å². The lowest BCUT2D eigenvalue weighted by Gasteiger charge is -2.43. The molecule has 3 aromatic rings. The van der Waals surface area contributed by atoms with Crippen molar-refractivity contribution >= 4 is 22.4 Å². The molecule has 1 unspecified atom stereocenters. The normalized spacial score (nSPS) is 26.8. The monoisotopic (exact) mass is 439 g/mol. The van der Waals surface area contributed by atoms with E-state index in [2.05, 4.69) is 69.6 Å². The molecule has 2 saturated heterocycles. The summed E-state index contributed by atoms with van der Waals surface area (Å²) in [7, 11) is 0. The van der Waals surface area contributed by atoms with Crippen LogP contribution in [0, 0.1) is 11.3 Å².